The molecule has 0 aliphatic heterocycles. The zero-order chi connectivity index (χ0) is 22.2. The topological polar surface area (TPSA) is 96.9 Å². The summed E-state index contributed by atoms with van der Waals surface area (Å²) in [4.78, 5) is 35.7. The van der Waals surface area contributed by atoms with Crippen molar-refractivity contribution in [2.24, 2.45) is 5.10 Å². The van der Waals surface area contributed by atoms with E-state index in [0.717, 1.165) is 5.56 Å². The van der Waals surface area contributed by atoms with Gasteiger partial charge < -0.3 is 10.1 Å². The Kier molecular flexibility index (Phi) is 6.85. The van der Waals surface area contributed by atoms with Crippen LogP contribution in [0.4, 0.5) is 10.1 Å². The summed E-state index contributed by atoms with van der Waals surface area (Å²) in [6.45, 7) is 1.91. The van der Waals surface area contributed by atoms with Gasteiger partial charge in [-0.1, -0.05) is 29.8 Å². The van der Waals surface area contributed by atoms with Crippen molar-refractivity contribution in [2.75, 3.05) is 5.32 Å². The number of hydrogen-bond acceptors (Lipinski definition) is 5. The minimum absolute atomic E-state index is 0.167. The van der Waals surface area contributed by atoms with Crippen LogP contribution in [0.15, 0.2) is 77.9 Å². The third kappa shape index (κ3) is 6.07. The van der Waals surface area contributed by atoms with Gasteiger partial charge in [-0.15, -0.1) is 0 Å². The molecular formula is C23H18FN3O4. The van der Waals surface area contributed by atoms with Crippen molar-refractivity contribution in [2.45, 2.75) is 6.92 Å². The summed E-state index contributed by atoms with van der Waals surface area (Å²) in [5.41, 5.74) is 4.06. The molecule has 0 radical (unpaired) electrons. The molecule has 0 aliphatic carbocycles. The average molecular weight is 419 g/mol. The Morgan fingerprint density at radius 1 is 0.903 bits per heavy atom. The number of amides is 2. The van der Waals surface area contributed by atoms with Crippen molar-refractivity contribution in [3.05, 3.63) is 95.3 Å². The molecule has 8 heteroatoms. The standard InChI is InChI=1S/C23H18FN3O4/c1-15-6-10-17(11-7-15)26-21(28)22(29)27-25-14-16-8-12-18(13-9-16)31-23(30)19-4-2-3-5-20(19)24/h2-14H,1H3,(H,26,28)(H,27,29)/b25-14-. The average Bonchev–Trinajstić information content (AvgIpc) is 2.76. The molecule has 0 spiro atoms. The summed E-state index contributed by atoms with van der Waals surface area (Å²) in [6, 6.07) is 18.6. The maximum Gasteiger partial charge on any atom is 0.346 e. The predicted octanol–water partition coefficient (Wildman–Crippen LogP) is 3.44. The highest BCUT2D eigenvalue weighted by molar-refractivity contribution is 6.39. The number of hydrogen-bond donors (Lipinski definition) is 2. The zero-order valence-corrected chi connectivity index (χ0v) is 16.5. The van der Waals surface area contributed by atoms with E-state index in [-0.39, 0.29) is 11.3 Å². The van der Waals surface area contributed by atoms with Gasteiger partial charge in [-0.3, -0.25) is 9.59 Å². The van der Waals surface area contributed by atoms with Gasteiger partial charge in [0.15, 0.2) is 0 Å². The number of carbonyl (C=O) groups excluding carboxylic acids is 3. The van der Waals surface area contributed by atoms with E-state index in [4.69, 9.17) is 4.74 Å². The number of benzene rings is 3. The third-order valence-electron chi connectivity index (χ3n) is 4.08. The first-order valence-electron chi connectivity index (χ1n) is 9.20. The van der Waals surface area contributed by atoms with Gasteiger partial charge in [0.2, 0.25) is 0 Å². The molecule has 0 atom stereocenters. The van der Waals surface area contributed by atoms with Crippen LogP contribution >= 0.6 is 0 Å². The Balaban J connectivity index is 1.51. The van der Waals surface area contributed by atoms with Crippen LogP contribution in [0.1, 0.15) is 21.5 Å². The summed E-state index contributed by atoms with van der Waals surface area (Å²) < 4.78 is 18.8. The summed E-state index contributed by atoms with van der Waals surface area (Å²) in [5, 5.41) is 6.19. The monoisotopic (exact) mass is 419 g/mol. The Hall–Kier alpha value is -4.33. The smallest absolute Gasteiger partial charge is 0.346 e. The number of nitrogens with zero attached hydrogens (tertiary/aromatic N) is 1. The van der Waals surface area contributed by atoms with Gasteiger partial charge in [-0.2, -0.15) is 5.10 Å². The fourth-order valence-electron chi connectivity index (χ4n) is 2.45. The van der Waals surface area contributed by atoms with E-state index in [1.165, 1.54) is 42.6 Å². The summed E-state index contributed by atoms with van der Waals surface area (Å²) >= 11 is 0. The van der Waals surface area contributed by atoms with Crippen LogP contribution in [0.25, 0.3) is 0 Å². The van der Waals surface area contributed by atoms with Crippen LogP contribution in [0, 0.1) is 12.7 Å². The summed E-state index contributed by atoms with van der Waals surface area (Å²) in [5.74, 6) is -3.04. The van der Waals surface area contributed by atoms with Crippen LogP contribution < -0.4 is 15.5 Å². The van der Waals surface area contributed by atoms with Crippen LogP contribution in [-0.4, -0.2) is 24.0 Å². The number of anilines is 1. The SMILES string of the molecule is Cc1ccc(NC(=O)C(=O)N/N=C\c2ccc(OC(=O)c3ccccc3F)cc2)cc1. The third-order valence-corrected chi connectivity index (χ3v) is 4.08. The first-order chi connectivity index (χ1) is 14.9. The number of hydrazone groups is 1. The highest BCUT2D eigenvalue weighted by Crippen LogP contribution is 2.15. The molecule has 0 aromatic heterocycles. The van der Waals surface area contributed by atoms with Gasteiger partial charge in [0.1, 0.15) is 11.6 Å². The molecule has 0 saturated carbocycles. The van der Waals surface area contributed by atoms with Crippen molar-refractivity contribution < 1.29 is 23.5 Å². The fraction of sp³-hybridized carbons (Fsp3) is 0.0435. The Morgan fingerprint density at radius 2 is 1.58 bits per heavy atom. The molecule has 31 heavy (non-hydrogen) atoms. The highest BCUT2D eigenvalue weighted by Gasteiger charge is 2.14. The lowest BCUT2D eigenvalue weighted by Crippen LogP contribution is -2.32. The normalized spacial score (nSPS) is 10.5. The lowest BCUT2D eigenvalue weighted by atomic mass is 10.2. The molecule has 156 valence electrons. The molecule has 2 amide bonds. The number of nitrogens with one attached hydrogen (secondary N) is 2. The second-order valence-corrected chi connectivity index (χ2v) is 6.46. The quantitative estimate of drug-likeness (QED) is 0.218. The van der Waals surface area contributed by atoms with Crippen molar-refractivity contribution >= 4 is 29.7 Å². The van der Waals surface area contributed by atoms with Gasteiger partial charge in [0, 0.05) is 5.69 Å². The molecule has 0 heterocycles. The van der Waals surface area contributed by atoms with Crippen molar-refractivity contribution in [3.63, 3.8) is 0 Å². The molecule has 0 saturated heterocycles. The van der Waals surface area contributed by atoms with Gasteiger partial charge >= 0.3 is 17.8 Å². The Bertz CT molecular complexity index is 1130. The lowest BCUT2D eigenvalue weighted by Gasteiger charge is -2.05. The molecule has 3 aromatic rings. The molecule has 0 bridgehead atoms. The maximum atomic E-state index is 13.6. The molecule has 3 aromatic carbocycles. The molecular weight excluding hydrogens is 401 g/mol. The Labute approximate surface area is 177 Å². The van der Waals surface area contributed by atoms with Gasteiger partial charge in [0.05, 0.1) is 11.8 Å². The van der Waals surface area contributed by atoms with Crippen molar-refractivity contribution in [1.29, 1.82) is 0 Å². The molecule has 0 unspecified atom stereocenters. The molecule has 0 fully saturated rings. The highest BCUT2D eigenvalue weighted by atomic mass is 19.1. The van der Waals surface area contributed by atoms with Crippen LogP contribution in [0.3, 0.4) is 0 Å². The Morgan fingerprint density at radius 3 is 2.26 bits per heavy atom. The molecule has 3 rings (SSSR count). The number of aryl methyl sites for hydroxylation is 1. The molecule has 2 N–H and O–H groups in total. The fourth-order valence-corrected chi connectivity index (χ4v) is 2.45. The van der Waals surface area contributed by atoms with E-state index in [0.29, 0.717) is 11.3 Å². The lowest BCUT2D eigenvalue weighted by molar-refractivity contribution is -0.136. The van der Waals surface area contributed by atoms with E-state index in [9.17, 15) is 18.8 Å². The van der Waals surface area contributed by atoms with E-state index in [1.54, 1.807) is 24.3 Å². The molecule has 0 aliphatic rings. The largest absolute Gasteiger partial charge is 0.423 e. The zero-order valence-electron chi connectivity index (χ0n) is 16.5. The van der Waals surface area contributed by atoms with Crippen LogP contribution in [0.2, 0.25) is 0 Å². The van der Waals surface area contributed by atoms with Gasteiger partial charge in [-0.05, 0) is 61.0 Å². The number of ether oxygens (including phenoxy) is 1. The summed E-state index contributed by atoms with van der Waals surface area (Å²) in [6.07, 6.45) is 1.32. The first kappa shape index (κ1) is 21.4. The van der Waals surface area contributed by atoms with E-state index >= 15 is 0 Å². The number of carbonyl (C=O) groups is 3. The number of esters is 1. The predicted molar refractivity (Wildman–Crippen MR) is 113 cm³/mol. The van der Waals surface area contributed by atoms with Gasteiger partial charge in [-0.25, -0.2) is 14.6 Å². The number of rotatable bonds is 5. The van der Waals surface area contributed by atoms with Crippen molar-refractivity contribution in [3.8, 4) is 5.75 Å². The minimum Gasteiger partial charge on any atom is -0.423 e. The van der Waals surface area contributed by atoms with Crippen LogP contribution in [0.5, 0.6) is 5.75 Å². The molecule has 7 nitrogen and oxygen atoms in total. The van der Waals surface area contributed by atoms with Crippen LogP contribution in [-0.2, 0) is 9.59 Å². The minimum atomic E-state index is -0.924. The van der Waals surface area contributed by atoms with E-state index in [2.05, 4.69) is 15.8 Å². The second-order valence-electron chi connectivity index (χ2n) is 6.46. The van der Waals surface area contributed by atoms with Crippen molar-refractivity contribution in [1.82, 2.24) is 5.43 Å². The second kappa shape index (κ2) is 9.93. The van der Waals surface area contributed by atoms with E-state index in [1.807, 2.05) is 19.1 Å². The summed E-state index contributed by atoms with van der Waals surface area (Å²) in [7, 11) is 0. The number of halogens is 1. The first-order valence-corrected chi connectivity index (χ1v) is 9.20. The van der Waals surface area contributed by atoms with E-state index < -0.39 is 23.6 Å². The maximum absolute atomic E-state index is 13.6. The van der Waals surface area contributed by atoms with Gasteiger partial charge in [0.25, 0.3) is 0 Å².